The minimum absolute atomic E-state index is 0.732. The monoisotopic (exact) mass is 270 g/mol. The number of likely N-dealkylation sites (tertiary alicyclic amines) is 1. The van der Waals surface area contributed by atoms with Crippen molar-refractivity contribution in [2.24, 2.45) is 5.92 Å². The molecule has 1 fully saturated rings. The fourth-order valence-corrected chi connectivity index (χ4v) is 2.83. The molecule has 4 nitrogen and oxygen atoms in total. The molecule has 1 aromatic carbocycles. The van der Waals surface area contributed by atoms with Gasteiger partial charge in [0.25, 0.3) is 0 Å². The third kappa shape index (κ3) is 2.85. The molecule has 1 N–H and O–H groups in total. The van der Waals surface area contributed by atoms with Gasteiger partial charge in [0.05, 0.1) is 0 Å². The van der Waals surface area contributed by atoms with E-state index in [-0.39, 0.29) is 0 Å². The molecular formula is C16H22N4. The van der Waals surface area contributed by atoms with E-state index in [9.17, 15) is 0 Å². The van der Waals surface area contributed by atoms with Crippen LogP contribution < -0.4 is 5.32 Å². The van der Waals surface area contributed by atoms with E-state index < -0.39 is 0 Å². The molecule has 0 amide bonds. The van der Waals surface area contributed by atoms with Gasteiger partial charge in [-0.15, -0.1) is 0 Å². The maximum Gasteiger partial charge on any atom is 0.207 e. The SMILES string of the molecule is CCN1CCC(CNc2nccn2-c2ccccc2)C1. The Hall–Kier alpha value is -1.81. The molecule has 0 radical (unpaired) electrons. The molecule has 1 saturated heterocycles. The van der Waals surface area contributed by atoms with Crippen molar-refractivity contribution in [1.82, 2.24) is 14.5 Å². The number of rotatable bonds is 5. The summed E-state index contributed by atoms with van der Waals surface area (Å²) in [5.74, 6) is 1.67. The van der Waals surface area contributed by atoms with Gasteiger partial charge in [-0.3, -0.25) is 4.57 Å². The molecule has 3 rings (SSSR count). The second-order valence-corrected chi connectivity index (χ2v) is 5.39. The Labute approximate surface area is 120 Å². The molecule has 1 atom stereocenters. The summed E-state index contributed by atoms with van der Waals surface area (Å²) in [6, 6.07) is 10.3. The predicted molar refractivity (Wildman–Crippen MR) is 82.3 cm³/mol. The van der Waals surface area contributed by atoms with Crippen molar-refractivity contribution in [3.8, 4) is 5.69 Å². The number of aromatic nitrogens is 2. The molecule has 4 heteroatoms. The van der Waals surface area contributed by atoms with Crippen LogP contribution in [0.2, 0.25) is 0 Å². The standard InChI is InChI=1S/C16H22N4/c1-2-19-10-8-14(13-19)12-18-16-17-9-11-20(16)15-6-4-3-5-7-15/h3-7,9,11,14H,2,8,10,12-13H2,1H3,(H,17,18). The molecule has 20 heavy (non-hydrogen) atoms. The Morgan fingerprint density at radius 1 is 1.30 bits per heavy atom. The number of imidazole rings is 1. The molecule has 106 valence electrons. The molecule has 1 unspecified atom stereocenters. The van der Waals surface area contributed by atoms with Crippen LogP contribution in [-0.4, -0.2) is 40.6 Å². The Kier molecular flexibility index (Phi) is 4.02. The van der Waals surface area contributed by atoms with E-state index in [1.165, 1.54) is 19.5 Å². The van der Waals surface area contributed by atoms with Crippen molar-refractivity contribution in [2.45, 2.75) is 13.3 Å². The van der Waals surface area contributed by atoms with Gasteiger partial charge in [-0.25, -0.2) is 4.98 Å². The lowest BCUT2D eigenvalue weighted by molar-refractivity contribution is 0.345. The van der Waals surface area contributed by atoms with Gasteiger partial charge in [-0.2, -0.15) is 0 Å². The van der Waals surface area contributed by atoms with E-state index in [1.54, 1.807) is 0 Å². The third-order valence-corrected chi connectivity index (χ3v) is 4.04. The number of para-hydroxylation sites is 1. The number of anilines is 1. The molecule has 0 saturated carbocycles. The van der Waals surface area contributed by atoms with Gasteiger partial charge >= 0.3 is 0 Å². The maximum atomic E-state index is 4.43. The van der Waals surface area contributed by atoms with Crippen LogP contribution in [0.3, 0.4) is 0 Å². The summed E-state index contributed by atoms with van der Waals surface area (Å²) in [5.41, 5.74) is 1.15. The van der Waals surface area contributed by atoms with Crippen LogP contribution >= 0.6 is 0 Å². The summed E-state index contributed by atoms with van der Waals surface area (Å²) < 4.78 is 2.10. The fraction of sp³-hybridized carbons (Fsp3) is 0.438. The molecule has 0 spiro atoms. The first-order chi connectivity index (χ1) is 9.86. The zero-order valence-corrected chi connectivity index (χ0v) is 12.0. The second-order valence-electron chi connectivity index (χ2n) is 5.39. The highest BCUT2D eigenvalue weighted by Crippen LogP contribution is 2.18. The van der Waals surface area contributed by atoms with E-state index in [0.29, 0.717) is 0 Å². The summed E-state index contributed by atoms with van der Waals surface area (Å²) in [4.78, 5) is 6.94. The van der Waals surface area contributed by atoms with Gasteiger partial charge in [0, 0.05) is 31.2 Å². The number of nitrogens with one attached hydrogen (secondary N) is 1. The molecule has 0 aliphatic carbocycles. The quantitative estimate of drug-likeness (QED) is 0.906. The van der Waals surface area contributed by atoms with Crippen molar-refractivity contribution in [3.63, 3.8) is 0 Å². The van der Waals surface area contributed by atoms with Gasteiger partial charge < -0.3 is 10.2 Å². The molecule has 1 aliphatic heterocycles. The highest BCUT2D eigenvalue weighted by atomic mass is 15.2. The Morgan fingerprint density at radius 3 is 2.90 bits per heavy atom. The Bertz CT molecular complexity index is 534. The van der Waals surface area contributed by atoms with Gasteiger partial charge in [-0.1, -0.05) is 25.1 Å². The normalized spacial score (nSPS) is 19.4. The van der Waals surface area contributed by atoms with Crippen LogP contribution in [0.4, 0.5) is 5.95 Å². The number of hydrogen-bond acceptors (Lipinski definition) is 3. The van der Waals surface area contributed by atoms with Crippen molar-refractivity contribution < 1.29 is 0 Å². The number of nitrogens with zero attached hydrogens (tertiary/aromatic N) is 3. The highest BCUT2D eigenvalue weighted by molar-refractivity contribution is 5.41. The van der Waals surface area contributed by atoms with Crippen molar-refractivity contribution >= 4 is 5.95 Å². The van der Waals surface area contributed by atoms with Crippen LogP contribution in [0.25, 0.3) is 5.69 Å². The van der Waals surface area contributed by atoms with Crippen molar-refractivity contribution in [2.75, 3.05) is 31.5 Å². The van der Waals surface area contributed by atoms with Gasteiger partial charge in [0.1, 0.15) is 0 Å². The van der Waals surface area contributed by atoms with Crippen LogP contribution in [0.15, 0.2) is 42.7 Å². The number of hydrogen-bond donors (Lipinski definition) is 1. The zero-order valence-electron chi connectivity index (χ0n) is 12.0. The van der Waals surface area contributed by atoms with Crippen LogP contribution in [0.1, 0.15) is 13.3 Å². The first kappa shape index (κ1) is 13.2. The zero-order chi connectivity index (χ0) is 13.8. The molecule has 1 aliphatic rings. The lowest BCUT2D eigenvalue weighted by atomic mass is 10.1. The average Bonchev–Trinajstić information content (AvgIpc) is 3.15. The first-order valence-electron chi connectivity index (χ1n) is 7.42. The van der Waals surface area contributed by atoms with Crippen LogP contribution in [0, 0.1) is 5.92 Å². The smallest absolute Gasteiger partial charge is 0.207 e. The summed E-state index contributed by atoms with van der Waals surface area (Å²) in [6.07, 6.45) is 5.14. The molecule has 2 heterocycles. The largest absolute Gasteiger partial charge is 0.355 e. The second kappa shape index (κ2) is 6.09. The lowest BCUT2D eigenvalue weighted by Gasteiger charge is -2.15. The van der Waals surface area contributed by atoms with E-state index in [0.717, 1.165) is 30.6 Å². The van der Waals surface area contributed by atoms with Gasteiger partial charge in [-0.05, 0) is 37.6 Å². The molecule has 2 aromatic rings. The summed E-state index contributed by atoms with van der Waals surface area (Å²) >= 11 is 0. The fourth-order valence-electron chi connectivity index (χ4n) is 2.83. The molecule has 0 bridgehead atoms. The summed E-state index contributed by atoms with van der Waals surface area (Å²) in [5, 5.41) is 3.50. The molecule has 1 aromatic heterocycles. The minimum atomic E-state index is 0.732. The number of benzene rings is 1. The average molecular weight is 270 g/mol. The van der Waals surface area contributed by atoms with Gasteiger partial charge in [0.15, 0.2) is 0 Å². The molecular weight excluding hydrogens is 248 g/mol. The maximum absolute atomic E-state index is 4.43. The van der Waals surface area contributed by atoms with Crippen molar-refractivity contribution in [1.29, 1.82) is 0 Å². The highest BCUT2D eigenvalue weighted by Gasteiger charge is 2.21. The predicted octanol–water partition coefficient (Wildman–Crippen LogP) is 2.63. The topological polar surface area (TPSA) is 33.1 Å². The Balaban J connectivity index is 1.63. The van der Waals surface area contributed by atoms with E-state index in [1.807, 2.05) is 18.5 Å². The van der Waals surface area contributed by atoms with E-state index in [4.69, 9.17) is 0 Å². The third-order valence-electron chi connectivity index (χ3n) is 4.04. The Morgan fingerprint density at radius 2 is 2.15 bits per heavy atom. The van der Waals surface area contributed by atoms with E-state index >= 15 is 0 Å². The minimum Gasteiger partial charge on any atom is -0.355 e. The van der Waals surface area contributed by atoms with Crippen LogP contribution in [-0.2, 0) is 0 Å². The summed E-state index contributed by atoms with van der Waals surface area (Å²) in [6.45, 7) is 6.83. The van der Waals surface area contributed by atoms with Gasteiger partial charge in [0.2, 0.25) is 5.95 Å². The van der Waals surface area contributed by atoms with Crippen LogP contribution in [0.5, 0.6) is 0 Å². The lowest BCUT2D eigenvalue weighted by Crippen LogP contribution is -2.23. The first-order valence-corrected chi connectivity index (χ1v) is 7.42. The summed E-state index contributed by atoms with van der Waals surface area (Å²) in [7, 11) is 0. The van der Waals surface area contributed by atoms with E-state index in [2.05, 4.69) is 51.0 Å². The van der Waals surface area contributed by atoms with Crippen molar-refractivity contribution in [3.05, 3.63) is 42.7 Å².